The summed E-state index contributed by atoms with van der Waals surface area (Å²) >= 11 is 1.08. The minimum absolute atomic E-state index is 0.123. The van der Waals surface area contributed by atoms with Crippen molar-refractivity contribution in [3.8, 4) is 5.75 Å². The van der Waals surface area contributed by atoms with E-state index in [4.69, 9.17) is 4.74 Å². The second-order valence-electron chi connectivity index (χ2n) is 6.44. The fourth-order valence-corrected chi connectivity index (χ4v) is 4.01. The van der Waals surface area contributed by atoms with Gasteiger partial charge in [-0.05, 0) is 37.2 Å². The minimum atomic E-state index is -0.754. The van der Waals surface area contributed by atoms with Gasteiger partial charge in [-0.15, -0.1) is 0 Å². The average molecular weight is 391 g/mol. The number of hydrogen-bond acceptors (Lipinski definition) is 8. The molecule has 10 heteroatoms. The molecule has 3 rings (SSSR count). The van der Waals surface area contributed by atoms with Crippen molar-refractivity contribution in [2.45, 2.75) is 44.9 Å². The quantitative estimate of drug-likeness (QED) is 0.317. The Balaban J connectivity index is 2.10. The first kappa shape index (κ1) is 18.9. The largest absolute Gasteiger partial charge is 0.415 e. The first-order valence-corrected chi connectivity index (χ1v) is 9.32. The van der Waals surface area contributed by atoms with E-state index in [1.807, 2.05) is 0 Å². The molecule has 1 aromatic carbocycles. The van der Waals surface area contributed by atoms with E-state index in [-0.39, 0.29) is 22.9 Å². The van der Waals surface area contributed by atoms with E-state index in [9.17, 15) is 25.0 Å². The molecule has 0 spiro atoms. The Morgan fingerprint density at radius 3 is 2.44 bits per heavy atom. The Morgan fingerprint density at radius 2 is 1.89 bits per heavy atom. The van der Waals surface area contributed by atoms with Crippen molar-refractivity contribution in [3.05, 3.63) is 54.6 Å². The molecule has 0 bridgehead atoms. The molecule has 0 saturated heterocycles. The van der Waals surface area contributed by atoms with Crippen LogP contribution < -0.4 is 4.74 Å². The molecule has 0 unspecified atom stereocenters. The lowest BCUT2D eigenvalue weighted by Crippen LogP contribution is -2.14. The van der Waals surface area contributed by atoms with Crippen LogP contribution in [0.4, 0.5) is 11.4 Å². The highest BCUT2D eigenvalue weighted by Crippen LogP contribution is 2.44. The second-order valence-corrected chi connectivity index (χ2v) is 7.06. The Bertz CT molecular complexity index is 904. The van der Waals surface area contributed by atoms with Crippen LogP contribution in [0.1, 0.15) is 59.6 Å². The maximum absolute atomic E-state index is 12.5. The summed E-state index contributed by atoms with van der Waals surface area (Å²) in [5.74, 6) is -1.08. The van der Waals surface area contributed by atoms with E-state index >= 15 is 0 Å². The lowest BCUT2D eigenvalue weighted by molar-refractivity contribution is -0.394. The molecule has 1 aromatic heterocycles. The lowest BCUT2D eigenvalue weighted by Gasteiger charge is -2.23. The van der Waals surface area contributed by atoms with Gasteiger partial charge in [-0.2, -0.15) is 4.37 Å². The number of hydrogen-bond donors (Lipinski definition) is 0. The van der Waals surface area contributed by atoms with Crippen LogP contribution in [0.25, 0.3) is 0 Å². The zero-order chi connectivity index (χ0) is 19.6. The molecule has 1 heterocycles. The molecule has 0 radical (unpaired) electrons. The van der Waals surface area contributed by atoms with Crippen molar-refractivity contribution in [1.82, 2.24) is 4.37 Å². The molecular weight excluding hydrogens is 374 g/mol. The van der Waals surface area contributed by atoms with Crippen LogP contribution >= 0.6 is 11.5 Å². The number of nitro groups is 2. The van der Waals surface area contributed by atoms with Gasteiger partial charge in [0.15, 0.2) is 0 Å². The van der Waals surface area contributed by atoms with E-state index in [2.05, 4.69) is 4.37 Å². The summed E-state index contributed by atoms with van der Waals surface area (Å²) in [7, 11) is 0. The average Bonchev–Trinajstić information content (AvgIpc) is 3.08. The number of aromatic nitrogens is 1. The fraction of sp³-hybridized carbons (Fsp3) is 0.412. The molecule has 1 saturated carbocycles. The molecule has 142 valence electrons. The summed E-state index contributed by atoms with van der Waals surface area (Å²) in [5, 5.41) is 24.3. The summed E-state index contributed by atoms with van der Waals surface area (Å²) in [4.78, 5) is 33.9. The van der Waals surface area contributed by atoms with Gasteiger partial charge in [0.1, 0.15) is 0 Å². The van der Waals surface area contributed by atoms with Crippen LogP contribution in [0.5, 0.6) is 5.75 Å². The van der Waals surface area contributed by atoms with Gasteiger partial charge in [-0.3, -0.25) is 20.2 Å². The van der Waals surface area contributed by atoms with Crippen LogP contribution in [-0.2, 0) is 0 Å². The molecule has 0 aliphatic heterocycles. The third-order valence-corrected chi connectivity index (χ3v) is 5.42. The zero-order valence-electron chi connectivity index (χ0n) is 14.5. The van der Waals surface area contributed by atoms with E-state index in [1.165, 1.54) is 11.4 Å². The Hall–Kier alpha value is -2.88. The number of benzene rings is 1. The fourth-order valence-electron chi connectivity index (χ4n) is 3.33. The molecule has 0 atom stereocenters. The number of rotatable bonds is 5. The van der Waals surface area contributed by atoms with Crippen LogP contribution in [-0.4, -0.2) is 20.2 Å². The molecule has 1 aliphatic carbocycles. The van der Waals surface area contributed by atoms with Gasteiger partial charge in [0.05, 0.1) is 27.2 Å². The maximum atomic E-state index is 12.5. The third kappa shape index (κ3) is 3.95. The van der Waals surface area contributed by atoms with Gasteiger partial charge in [0.2, 0.25) is 5.75 Å². The monoisotopic (exact) mass is 391 g/mol. The van der Waals surface area contributed by atoms with E-state index in [1.54, 1.807) is 6.92 Å². The van der Waals surface area contributed by atoms with Crippen molar-refractivity contribution in [3.63, 3.8) is 0 Å². The van der Waals surface area contributed by atoms with Crippen molar-refractivity contribution in [1.29, 1.82) is 0 Å². The minimum Gasteiger partial charge on any atom is -0.415 e. The Kier molecular flexibility index (Phi) is 5.45. The maximum Gasteiger partial charge on any atom is 0.346 e. The van der Waals surface area contributed by atoms with Crippen molar-refractivity contribution in [2.75, 3.05) is 0 Å². The van der Waals surface area contributed by atoms with Gasteiger partial charge in [0.25, 0.3) is 5.69 Å². The Morgan fingerprint density at radius 1 is 1.19 bits per heavy atom. The van der Waals surface area contributed by atoms with Crippen molar-refractivity contribution in [2.24, 2.45) is 0 Å². The van der Waals surface area contributed by atoms with Crippen LogP contribution in [0.3, 0.4) is 0 Å². The summed E-state index contributed by atoms with van der Waals surface area (Å²) in [6, 6.07) is 2.14. The molecule has 9 nitrogen and oxygen atoms in total. The normalized spacial score (nSPS) is 14.7. The highest BCUT2D eigenvalue weighted by atomic mass is 32.1. The first-order chi connectivity index (χ1) is 12.9. The number of non-ortho nitro benzene ring substituents is 1. The second kappa shape index (κ2) is 7.78. The third-order valence-electron chi connectivity index (χ3n) is 4.70. The highest BCUT2D eigenvalue weighted by Gasteiger charge is 2.32. The number of aryl methyl sites for hydroxylation is 1. The topological polar surface area (TPSA) is 125 Å². The van der Waals surface area contributed by atoms with Crippen molar-refractivity contribution >= 4 is 28.9 Å². The SMILES string of the molecule is Cc1nscc1C(=O)Oc1c(C2CCCCC2)cc([N+](=O)[O-])cc1[N+](=O)[O-]. The van der Waals surface area contributed by atoms with Crippen LogP contribution in [0, 0.1) is 27.2 Å². The van der Waals surface area contributed by atoms with Gasteiger partial charge >= 0.3 is 11.7 Å². The van der Waals surface area contributed by atoms with Gasteiger partial charge in [-0.1, -0.05) is 19.3 Å². The van der Waals surface area contributed by atoms with Gasteiger partial charge < -0.3 is 4.74 Å². The van der Waals surface area contributed by atoms with E-state index < -0.39 is 21.5 Å². The predicted octanol–water partition coefficient (Wildman–Crippen LogP) is 4.53. The molecule has 1 fully saturated rings. The molecule has 2 aromatic rings. The molecule has 1 aliphatic rings. The molecular formula is C17H17N3O6S. The number of carbonyl (C=O) groups excluding carboxylic acids is 1. The number of esters is 1. The molecule has 0 N–H and O–H groups in total. The highest BCUT2D eigenvalue weighted by molar-refractivity contribution is 7.03. The summed E-state index contributed by atoms with van der Waals surface area (Å²) < 4.78 is 9.42. The van der Waals surface area contributed by atoms with Crippen LogP contribution in [0.15, 0.2) is 17.5 Å². The number of ether oxygens (including phenoxy) is 1. The summed E-state index contributed by atoms with van der Waals surface area (Å²) in [6.45, 7) is 1.64. The van der Waals surface area contributed by atoms with E-state index in [0.29, 0.717) is 11.3 Å². The van der Waals surface area contributed by atoms with E-state index in [0.717, 1.165) is 49.7 Å². The number of carbonyl (C=O) groups is 1. The van der Waals surface area contributed by atoms with Crippen molar-refractivity contribution < 1.29 is 19.4 Å². The first-order valence-electron chi connectivity index (χ1n) is 8.48. The number of nitrogens with zero attached hydrogens (tertiary/aromatic N) is 3. The molecule has 27 heavy (non-hydrogen) atoms. The van der Waals surface area contributed by atoms with Gasteiger partial charge in [-0.25, -0.2) is 4.79 Å². The van der Waals surface area contributed by atoms with Crippen LogP contribution in [0.2, 0.25) is 0 Å². The Labute approximate surface area is 158 Å². The summed E-state index contributed by atoms with van der Waals surface area (Å²) in [6.07, 6.45) is 4.36. The molecule has 0 amide bonds. The smallest absolute Gasteiger partial charge is 0.346 e. The standard InChI is InChI=1S/C17H17N3O6S/c1-10-14(9-27-18-10)17(21)26-16-13(11-5-3-2-4-6-11)7-12(19(22)23)8-15(16)20(24)25/h7-9,11H,2-6H2,1H3. The predicted molar refractivity (Wildman–Crippen MR) is 97.4 cm³/mol. The lowest BCUT2D eigenvalue weighted by atomic mass is 9.83. The van der Waals surface area contributed by atoms with Gasteiger partial charge in [0, 0.05) is 17.0 Å². The number of nitro benzene ring substituents is 2. The zero-order valence-corrected chi connectivity index (χ0v) is 15.4. The summed E-state index contributed by atoms with van der Waals surface area (Å²) in [5.41, 5.74) is 0.0928.